The average molecular weight is 334 g/mol. The monoisotopic (exact) mass is 334 g/mol. The van der Waals surface area contributed by atoms with Crippen molar-refractivity contribution in [2.45, 2.75) is 46.0 Å². The Morgan fingerprint density at radius 3 is 2.39 bits per heavy atom. The molecule has 1 heterocycles. The number of carbonyl (C=O) groups is 1. The molecular formula is C15H21F3N2O3. The number of rotatable bonds is 4. The van der Waals surface area contributed by atoms with Gasteiger partial charge in [0.05, 0.1) is 6.54 Å². The van der Waals surface area contributed by atoms with Gasteiger partial charge in [-0.3, -0.25) is 0 Å². The first-order valence-electron chi connectivity index (χ1n) is 6.96. The van der Waals surface area contributed by atoms with Crippen LogP contribution in [0.4, 0.5) is 18.0 Å². The molecule has 0 spiro atoms. The molecule has 5 nitrogen and oxygen atoms in total. The summed E-state index contributed by atoms with van der Waals surface area (Å²) in [6, 6.07) is 1.62. The Labute approximate surface area is 133 Å². The highest BCUT2D eigenvalue weighted by molar-refractivity contribution is 5.67. The highest BCUT2D eigenvalue weighted by Crippen LogP contribution is 2.21. The zero-order valence-electron chi connectivity index (χ0n) is 13.8. The van der Waals surface area contributed by atoms with E-state index in [0.29, 0.717) is 11.1 Å². The Morgan fingerprint density at radius 2 is 1.91 bits per heavy atom. The second-order valence-electron chi connectivity index (χ2n) is 6.21. The molecule has 1 amide bonds. The van der Waals surface area contributed by atoms with Crippen LogP contribution < -0.4 is 4.74 Å². The Kier molecular flexibility index (Phi) is 5.85. The van der Waals surface area contributed by atoms with Crippen LogP contribution in [-0.4, -0.2) is 41.4 Å². The van der Waals surface area contributed by atoms with Crippen LogP contribution in [-0.2, 0) is 11.3 Å². The second-order valence-corrected chi connectivity index (χ2v) is 6.21. The summed E-state index contributed by atoms with van der Waals surface area (Å²) in [5, 5.41) is 0. The van der Waals surface area contributed by atoms with E-state index in [2.05, 4.69) is 9.72 Å². The van der Waals surface area contributed by atoms with Crippen molar-refractivity contribution in [1.82, 2.24) is 9.88 Å². The third kappa shape index (κ3) is 7.21. The average Bonchev–Trinajstić information content (AvgIpc) is 2.34. The summed E-state index contributed by atoms with van der Waals surface area (Å²) in [6.45, 7) is 5.71. The number of ether oxygens (including phenoxy) is 2. The molecule has 0 aliphatic carbocycles. The summed E-state index contributed by atoms with van der Waals surface area (Å²) in [5.41, 5.74) is 0.522. The van der Waals surface area contributed by atoms with Crippen molar-refractivity contribution in [2.75, 3.05) is 13.7 Å². The first-order chi connectivity index (χ1) is 10.4. The molecule has 130 valence electrons. The maximum absolute atomic E-state index is 12.1. The molecule has 1 aromatic heterocycles. The van der Waals surface area contributed by atoms with Crippen molar-refractivity contribution < 1.29 is 27.4 Å². The number of aryl methyl sites for hydroxylation is 1. The fourth-order valence-electron chi connectivity index (χ4n) is 1.69. The van der Waals surface area contributed by atoms with E-state index in [9.17, 15) is 18.0 Å². The van der Waals surface area contributed by atoms with E-state index in [1.807, 2.05) is 0 Å². The van der Waals surface area contributed by atoms with E-state index in [-0.39, 0.29) is 12.4 Å². The van der Waals surface area contributed by atoms with E-state index in [4.69, 9.17) is 4.74 Å². The molecule has 0 saturated heterocycles. The van der Waals surface area contributed by atoms with Gasteiger partial charge in [-0.1, -0.05) is 0 Å². The van der Waals surface area contributed by atoms with Crippen LogP contribution in [0, 0.1) is 6.92 Å². The molecule has 0 aromatic carbocycles. The summed E-state index contributed by atoms with van der Waals surface area (Å²) < 4.78 is 46.3. The molecule has 0 bridgehead atoms. The topological polar surface area (TPSA) is 51.7 Å². The SMILES string of the molecule is Cc1cc(CN(C)C(=O)OC(C)(C)C)cnc1OCC(F)(F)F. The minimum Gasteiger partial charge on any atom is -0.468 e. The maximum Gasteiger partial charge on any atom is 0.422 e. The number of nitrogens with zero attached hydrogens (tertiary/aromatic N) is 2. The summed E-state index contributed by atoms with van der Waals surface area (Å²) in [4.78, 5) is 17.1. The predicted molar refractivity (Wildman–Crippen MR) is 78.2 cm³/mol. The van der Waals surface area contributed by atoms with Crippen LogP contribution in [0.3, 0.4) is 0 Å². The van der Waals surface area contributed by atoms with Gasteiger partial charge in [0.1, 0.15) is 5.60 Å². The highest BCUT2D eigenvalue weighted by Gasteiger charge is 2.29. The third-order valence-corrected chi connectivity index (χ3v) is 2.58. The van der Waals surface area contributed by atoms with Crippen LogP contribution in [0.2, 0.25) is 0 Å². The summed E-state index contributed by atoms with van der Waals surface area (Å²) in [7, 11) is 1.57. The number of hydrogen-bond donors (Lipinski definition) is 0. The molecule has 0 radical (unpaired) electrons. The lowest BCUT2D eigenvalue weighted by Crippen LogP contribution is -2.33. The van der Waals surface area contributed by atoms with Crippen LogP contribution in [0.25, 0.3) is 0 Å². The number of aromatic nitrogens is 1. The van der Waals surface area contributed by atoms with Crippen molar-refractivity contribution in [3.63, 3.8) is 0 Å². The molecule has 1 rings (SSSR count). The van der Waals surface area contributed by atoms with E-state index in [0.717, 1.165) is 0 Å². The van der Waals surface area contributed by atoms with Crippen molar-refractivity contribution in [3.8, 4) is 5.88 Å². The second kappa shape index (κ2) is 7.06. The molecule has 0 aliphatic heterocycles. The predicted octanol–water partition coefficient (Wildman–Crippen LogP) is 3.70. The van der Waals surface area contributed by atoms with Gasteiger partial charge in [-0.15, -0.1) is 0 Å². The zero-order chi connectivity index (χ0) is 17.8. The van der Waals surface area contributed by atoms with Gasteiger partial charge < -0.3 is 14.4 Å². The lowest BCUT2D eigenvalue weighted by molar-refractivity contribution is -0.154. The van der Waals surface area contributed by atoms with Crippen LogP contribution in [0.5, 0.6) is 5.88 Å². The summed E-state index contributed by atoms with van der Waals surface area (Å²) in [5.74, 6) is -0.0778. The minimum absolute atomic E-state index is 0.0778. The third-order valence-electron chi connectivity index (χ3n) is 2.58. The smallest absolute Gasteiger partial charge is 0.422 e. The molecule has 0 fully saturated rings. The number of carbonyl (C=O) groups excluding carboxylic acids is 1. The number of pyridine rings is 1. The Bertz CT molecular complexity index is 554. The van der Waals surface area contributed by atoms with Crippen molar-refractivity contribution in [2.24, 2.45) is 0 Å². The molecule has 0 unspecified atom stereocenters. The van der Waals surface area contributed by atoms with Crippen molar-refractivity contribution in [3.05, 3.63) is 23.4 Å². The standard InChI is InChI=1S/C15H21F3N2O3/c1-10-6-11(7-19-12(10)22-9-15(16,17)18)8-20(5)13(21)23-14(2,3)4/h6-7H,8-9H2,1-5H3. The van der Waals surface area contributed by atoms with Gasteiger partial charge in [-0.05, 0) is 39.3 Å². The van der Waals surface area contributed by atoms with Crippen LogP contribution >= 0.6 is 0 Å². The largest absolute Gasteiger partial charge is 0.468 e. The Balaban J connectivity index is 2.69. The molecule has 23 heavy (non-hydrogen) atoms. The van der Waals surface area contributed by atoms with Gasteiger partial charge in [0, 0.05) is 18.8 Å². The molecule has 0 atom stereocenters. The molecule has 0 saturated carbocycles. The highest BCUT2D eigenvalue weighted by atomic mass is 19.4. The van der Waals surface area contributed by atoms with Gasteiger partial charge in [0.25, 0.3) is 0 Å². The fourth-order valence-corrected chi connectivity index (χ4v) is 1.69. The lowest BCUT2D eigenvalue weighted by Gasteiger charge is -2.24. The Hall–Kier alpha value is -1.99. The quantitative estimate of drug-likeness (QED) is 0.842. The first-order valence-corrected chi connectivity index (χ1v) is 6.96. The van der Waals surface area contributed by atoms with Gasteiger partial charge in [-0.25, -0.2) is 9.78 Å². The minimum atomic E-state index is -4.41. The first kappa shape index (κ1) is 19.1. The van der Waals surface area contributed by atoms with Gasteiger partial charge in [-0.2, -0.15) is 13.2 Å². The van der Waals surface area contributed by atoms with Crippen LogP contribution in [0.1, 0.15) is 31.9 Å². The number of amides is 1. The molecule has 0 aliphatic rings. The summed E-state index contributed by atoms with van der Waals surface area (Å²) in [6.07, 6.45) is -3.53. The summed E-state index contributed by atoms with van der Waals surface area (Å²) >= 11 is 0. The number of halogens is 3. The van der Waals surface area contributed by atoms with Crippen molar-refractivity contribution in [1.29, 1.82) is 0 Å². The van der Waals surface area contributed by atoms with Crippen LogP contribution in [0.15, 0.2) is 12.3 Å². The number of alkyl halides is 3. The zero-order valence-corrected chi connectivity index (χ0v) is 13.8. The van der Waals surface area contributed by atoms with Gasteiger partial charge in [0.2, 0.25) is 5.88 Å². The van der Waals surface area contributed by atoms with E-state index < -0.39 is 24.5 Å². The lowest BCUT2D eigenvalue weighted by atomic mass is 10.2. The maximum atomic E-state index is 12.1. The van der Waals surface area contributed by atoms with E-state index in [1.54, 1.807) is 40.8 Å². The van der Waals surface area contributed by atoms with Gasteiger partial charge >= 0.3 is 12.3 Å². The van der Waals surface area contributed by atoms with E-state index >= 15 is 0 Å². The molecule has 0 N–H and O–H groups in total. The fraction of sp³-hybridized carbons (Fsp3) is 0.600. The Morgan fingerprint density at radius 1 is 1.30 bits per heavy atom. The van der Waals surface area contributed by atoms with E-state index in [1.165, 1.54) is 11.1 Å². The molecule has 1 aromatic rings. The van der Waals surface area contributed by atoms with Gasteiger partial charge in [0.15, 0.2) is 6.61 Å². The molecule has 8 heteroatoms. The molecular weight excluding hydrogens is 313 g/mol. The van der Waals surface area contributed by atoms with Crippen molar-refractivity contribution >= 4 is 6.09 Å². The number of hydrogen-bond acceptors (Lipinski definition) is 4. The normalized spacial score (nSPS) is 12.0.